The highest BCUT2D eigenvalue weighted by Gasteiger charge is 2.12. The fourth-order valence-electron chi connectivity index (χ4n) is 1.66. The van der Waals surface area contributed by atoms with E-state index in [1.165, 1.54) is 13.2 Å². The SMILES string of the molecule is CCOc1cccc(Oc2nc(C(=O)OC)ccc2N)c1. The maximum absolute atomic E-state index is 11.5. The second-order valence-electron chi connectivity index (χ2n) is 4.09. The summed E-state index contributed by atoms with van der Waals surface area (Å²) in [6.45, 7) is 2.45. The van der Waals surface area contributed by atoms with Gasteiger partial charge in [-0.2, -0.15) is 0 Å². The lowest BCUT2D eigenvalue weighted by molar-refractivity contribution is 0.0593. The Labute approximate surface area is 122 Å². The van der Waals surface area contributed by atoms with Crippen LogP contribution in [0.3, 0.4) is 0 Å². The van der Waals surface area contributed by atoms with Crippen LogP contribution in [0, 0.1) is 0 Å². The van der Waals surface area contributed by atoms with Gasteiger partial charge in [0.1, 0.15) is 11.5 Å². The summed E-state index contributed by atoms with van der Waals surface area (Å²) >= 11 is 0. The van der Waals surface area contributed by atoms with Crippen molar-refractivity contribution < 1.29 is 19.0 Å². The maximum atomic E-state index is 11.5. The molecule has 0 spiro atoms. The highest BCUT2D eigenvalue weighted by atomic mass is 16.5. The van der Waals surface area contributed by atoms with Crippen LogP contribution in [0.5, 0.6) is 17.4 Å². The minimum atomic E-state index is -0.553. The van der Waals surface area contributed by atoms with Gasteiger partial charge in [-0.1, -0.05) is 6.07 Å². The third kappa shape index (κ3) is 3.62. The molecule has 2 aromatic rings. The number of rotatable bonds is 5. The van der Waals surface area contributed by atoms with Gasteiger partial charge >= 0.3 is 5.97 Å². The van der Waals surface area contributed by atoms with Gasteiger partial charge in [0.15, 0.2) is 5.69 Å². The predicted octanol–water partition coefficient (Wildman–Crippen LogP) is 2.64. The van der Waals surface area contributed by atoms with E-state index >= 15 is 0 Å². The van der Waals surface area contributed by atoms with Crippen LogP contribution in [0.2, 0.25) is 0 Å². The van der Waals surface area contributed by atoms with Gasteiger partial charge in [0.25, 0.3) is 0 Å². The summed E-state index contributed by atoms with van der Waals surface area (Å²) in [6, 6.07) is 10.1. The molecule has 6 nitrogen and oxygen atoms in total. The Morgan fingerprint density at radius 2 is 2.00 bits per heavy atom. The molecule has 1 aromatic carbocycles. The smallest absolute Gasteiger partial charge is 0.356 e. The maximum Gasteiger partial charge on any atom is 0.356 e. The molecule has 0 fully saturated rings. The number of benzene rings is 1. The number of aromatic nitrogens is 1. The fraction of sp³-hybridized carbons (Fsp3) is 0.200. The van der Waals surface area contributed by atoms with Gasteiger partial charge < -0.3 is 19.9 Å². The van der Waals surface area contributed by atoms with E-state index < -0.39 is 5.97 Å². The van der Waals surface area contributed by atoms with Crippen molar-refractivity contribution in [3.05, 3.63) is 42.1 Å². The highest BCUT2D eigenvalue weighted by Crippen LogP contribution is 2.28. The summed E-state index contributed by atoms with van der Waals surface area (Å²) in [4.78, 5) is 15.5. The summed E-state index contributed by atoms with van der Waals surface area (Å²) in [5.41, 5.74) is 6.26. The first-order valence-electron chi connectivity index (χ1n) is 6.39. The number of nitrogens with two attached hydrogens (primary N) is 1. The molecular formula is C15H16N2O4. The van der Waals surface area contributed by atoms with Crippen LogP contribution in [0.15, 0.2) is 36.4 Å². The van der Waals surface area contributed by atoms with Crippen molar-refractivity contribution in [1.82, 2.24) is 4.98 Å². The van der Waals surface area contributed by atoms with Gasteiger partial charge in [-0.25, -0.2) is 9.78 Å². The first-order valence-corrected chi connectivity index (χ1v) is 6.39. The Hall–Kier alpha value is -2.76. The molecule has 0 aliphatic heterocycles. The van der Waals surface area contributed by atoms with Crippen molar-refractivity contribution in [3.8, 4) is 17.4 Å². The van der Waals surface area contributed by atoms with Crippen molar-refractivity contribution in [1.29, 1.82) is 0 Å². The van der Waals surface area contributed by atoms with Gasteiger partial charge in [-0.3, -0.25) is 0 Å². The Balaban J connectivity index is 2.26. The number of methoxy groups -OCH3 is 1. The number of ether oxygens (including phenoxy) is 3. The molecule has 2 N–H and O–H groups in total. The van der Waals surface area contributed by atoms with Crippen LogP contribution < -0.4 is 15.2 Å². The van der Waals surface area contributed by atoms with E-state index in [0.29, 0.717) is 23.8 Å². The van der Waals surface area contributed by atoms with Gasteiger partial charge in [0.05, 0.1) is 19.4 Å². The van der Waals surface area contributed by atoms with Crippen molar-refractivity contribution in [2.45, 2.75) is 6.92 Å². The lowest BCUT2D eigenvalue weighted by Crippen LogP contribution is -2.06. The third-order valence-electron chi connectivity index (χ3n) is 2.62. The standard InChI is InChI=1S/C15H16N2O4/c1-3-20-10-5-4-6-11(9-10)21-14-12(16)7-8-13(17-14)15(18)19-2/h4-9H,3,16H2,1-2H3. The molecule has 0 radical (unpaired) electrons. The highest BCUT2D eigenvalue weighted by molar-refractivity contribution is 5.87. The zero-order valence-corrected chi connectivity index (χ0v) is 11.8. The quantitative estimate of drug-likeness (QED) is 0.851. The summed E-state index contributed by atoms with van der Waals surface area (Å²) < 4.78 is 15.6. The monoisotopic (exact) mass is 288 g/mol. The van der Waals surface area contributed by atoms with Crippen LogP contribution >= 0.6 is 0 Å². The van der Waals surface area contributed by atoms with Crippen molar-refractivity contribution in [3.63, 3.8) is 0 Å². The topological polar surface area (TPSA) is 83.7 Å². The average molecular weight is 288 g/mol. The van der Waals surface area contributed by atoms with Gasteiger partial charge in [0, 0.05) is 6.07 Å². The summed E-state index contributed by atoms with van der Waals surface area (Å²) in [6.07, 6.45) is 0. The molecule has 0 unspecified atom stereocenters. The molecule has 0 saturated carbocycles. The zero-order chi connectivity index (χ0) is 15.2. The number of carbonyl (C=O) groups excluding carboxylic acids is 1. The molecule has 0 aliphatic rings. The molecule has 0 amide bonds. The summed E-state index contributed by atoms with van der Waals surface area (Å²) in [5.74, 6) is 0.786. The van der Waals surface area contributed by atoms with E-state index in [4.69, 9.17) is 15.2 Å². The van der Waals surface area contributed by atoms with E-state index in [1.54, 1.807) is 24.3 Å². The number of hydrogen-bond acceptors (Lipinski definition) is 6. The number of pyridine rings is 1. The Kier molecular flexibility index (Phi) is 4.61. The minimum absolute atomic E-state index is 0.127. The summed E-state index contributed by atoms with van der Waals surface area (Å²) in [5, 5.41) is 0. The fourth-order valence-corrected chi connectivity index (χ4v) is 1.66. The van der Waals surface area contributed by atoms with E-state index in [-0.39, 0.29) is 11.6 Å². The number of hydrogen-bond donors (Lipinski definition) is 1. The molecule has 6 heteroatoms. The number of nitrogens with zero attached hydrogens (tertiary/aromatic N) is 1. The van der Waals surface area contributed by atoms with E-state index in [0.717, 1.165) is 0 Å². The number of esters is 1. The minimum Gasteiger partial charge on any atom is -0.494 e. The largest absolute Gasteiger partial charge is 0.494 e. The van der Waals surface area contributed by atoms with Crippen LogP contribution in [-0.4, -0.2) is 24.7 Å². The molecule has 0 atom stereocenters. The molecule has 0 saturated heterocycles. The van der Waals surface area contributed by atoms with Crippen LogP contribution in [0.25, 0.3) is 0 Å². The molecule has 1 heterocycles. The number of carbonyl (C=O) groups is 1. The first kappa shape index (κ1) is 14.6. The summed E-state index contributed by atoms with van der Waals surface area (Å²) in [7, 11) is 1.28. The van der Waals surface area contributed by atoms with Crippen molar-refractivity contribution in [2.75, 3.05) is 19.5 Å². The van der Waals surface area contributed by atoms with Crippen LogP contribution in [0.1, 0.15) is 17.4 Å². The molecule has 1 aromatic heterocycles. The number of anilines is 1. The lowest BCUT2D eigenvalue weighted by Gasteiger charge is -2.10. The van der Waals surface area contributed by atoms with Gasteiger partial charge in [0.2, 0.25) is 5.88 Å². The lowest BCUT2D eigenvalue weighted by atomic mass is 10.3. The predicted molar refractivity (Wildman–Crippen MR) is 77.7 cm³/mol. The molecule has 2 rings (SSSR count). The molecule has 0 aliphatic carbocycles. The molecule has 110 valence electrons. The normalized spacial score (nSPS) is 10.0. The second-order valence-corrected chi connectivity index (χ2v) is 4.09. The third-order valence-corrected chi connectivity index (χ3v) is 2.62. The van der Waals surface area contributed by atoms with Crippen molar-refractivity contribution >= 4 is 11.7 Å². The Morgan fingerprint density at radius 3 is 2.71 bits per heavy atom. The molecule has 0 bridgehead atoms. The van der Waals surface area contributed by atoms with E-state index in [9.17, 15) is 4.79 Å². The van der Waals surface area contributed by atoms with E-state index in [2.05, 4.69) is 9.72 Å². The van der Waals surface area contributed by atoms with E-state index in [1.807, 2.05) is 13.0 Å². The molecule has 21 heavy (non-hydrogen) atoms. The van der Waals surface area contributed by atoms with Crippen LogP contribution in [-0.2, 0) is 4.74 Å². The first-order chi connectivity index (χ1) is 10.1. The number of nitrogen functional groups attached to an aromatic ring is 1. The van der Waals surface area contributed by atoms with Gasteiger partial charge in [-0.05, 0) is 31.2 Å². The molecular weight excluding hydrogens is 272 g/mol. The van der Waals surface area contributed by atoms with Gasteiger partial charge in [-0.15, -0.1) is 0 Å². The average Bonchev–Trinajstić information content (AvgIpc) is 2.49. The second kappa shape index (κ2) is 6.60. The Morgan fingerprint density at radius 1 is 1.24 bits per heavy atom. The van der Waals surface area contributed by atoms with Crippen molar-refractivity contribution in [2.24, 2.45) is 0 Å². The van der Waals surface area contributed by atoms with Crippen LogP contribution in [0.4, 0.5) is 5.69 Å². The Bertz CT molecular complexity index is 643. The zero-order valence-electron chi connectivity index (χ0n) is 11.8.